The Hall–Kier alpha value is -1.03. The van der Waals surface area contributed by atoms with Crippen molar-refractivity contribution in [2.24, 2.45) is 10.7 Å². The van der Waals surface area contributed by atoms with E-state index in [4.69, 9.17) is 5.73 Å². The number of thiophene rings is 1. The van der Waals surface area contributed by atoms with Crippen molar-refractivity contribution in [3.63, 3.8) is 0 Å². The Kier molecular flexibility index (Phi) is 2.23. The van der Waals surface area contributed by atoms with Crippen LogP contribution in [0, 0.1) is 0 Å². The number of hydrogen-bond acceptors (Lipinski definition) is 4. The van der Waals surface area contributed by atoms with Crippen LogP contribution >= 0.6 is 11.3 Å². The van der Waals surface area contributed by atoms with Gasteiger partial charge in [0.2, 0.25) is 0 Å². The highest BCUT2D eigenvalue weighted by atomic mass is 32.1. The summed E-state index contributed by atoms with van der Waals surface area (Å²) >= 11 is 1.76. The zero-order chi connectivity index (χ0) is 10.2. The largest absolute Gasteiger partial charge is 0.370 e. The SMILES string of the molecule is CC1(C)CN=C(N)N1Cc1cccs1. The number of rotatable bonds is 2. The third kappa shape index (κ3) is 1.62. The van der Waals surface area contributed by atoms with Crippen molar-refractivity contribution in [1.82, 2.24) is 4.90 Å². The summed E-state index contributed by atoms with van der Waals surface area (Å²) in [7, 11) is 0. The second kappa shape index (κ2) is 3.28. The molecule has 76 valence electrons. The van der Waals surface area contributed by atoms with E-state index in [-0.39, 0.29) is 5.54 Å². The van der Waals surface area contributed by atoms with Gasteiger partial charge in [-0.2, -0.15) is 0 Å². The minimum Gasteiger partial charge on any atom is -0.370 e. The first-order valence-electron chi connectivity index (χ1n) is 4.69. The van der Waals surface area contributed by atoms with Crippen LogP contribution in [0.4, 0.5) is 0 Å². The van der Waals surface area contributed by atoms with Crippen molar-refractivity contribution < 1.29 is 0 Å². The molecule has 1 aliphatic heterocycles. The maximum absolute atomic E-state index is 5.85. The van der Waals surface area contributed by atoms with E-state index in [1.165, 1.54) is 4.88 Å². The van der Waals surface area contributed by atoms with Crippen LogP contribution in [0.15, 0.2) is 22.5 Å². The summed E-state index contributed by atoms with van der Waals surface area (Å²) in [5, 5.41) is 2.09. The molecule has 3 nitrogen and oxygen atoms in total. The molecular formula is C10H15N3S. The molecule has 1 aromatic rings. The molecule has 1 aromatic heterocycles. The highest BCUT2D eigenvalue weighted by Gasteiger charge is 2.33. The average Bonchev–Trinajstić information content (AvgIpc) is 2.69. The number of hydrogen-bond donors (Lipinski definition) is 1. The van der Waals surface area contributed by atoms with E-state index in [9.17, 15) is 0 Å². The molecule has 1 aliphatic rings. The molecule has 0 saturated carbocycles. The number of guanidine groups is 1. The first kappa shape index (κ1) is 9.52. The fraction of sp³-hybridized carbons (Fsp3) is 0.500. The summed E-state index contributed by atoms with van der Waals surface area (Å²) in [5.74, 6) is 0.670. The van der Waals surface area contributed by atoms with E-state index >= 15 is 0 Å². The Morgan fingerprint density at radius 2 is 2.43 bits per heavy atom. The molecule has 0 spiro atoms. The standard InChI is InChI=1S/C10H15N3S/c1-10(2)7-12-9(11)13(10)6-8-4-3-5-14-8/h3-5H,6-7H2,1-2H3,(H2,11,12). The Bertz CT molecular complexity index is 340. The van der Waals surface area contributed by atoms with Crippen LogP contribution in [-0.4, -0.2) is 22.9 Å². The molecule has 0 aliphatic carbocycles. The predicted molar refractivity (Wildman–Crippen MR) is 60.4 cm³/mol. The molecule has 2 N–H and O–H groups in total. The van der Waals surface area contributed by atoms with Crippen molar-refractivity contribution in [2.45, 2.75) is 25.9 Å². The molecule has 2 rings (SSSR count). The Labute approximate surface area is 88.3 Å². The van der Waals surface area contributed by atoms with Gasteiger partial charge in [-0.15, -0.1) is 11.3 Å². The van der Waals surface area contributed by atoms with Crippen LogP contribution in [-0.2, 0) is 6.54 Å². The van der Waals surface area contributed by atoms with Crippen molar-refractivity contribution in [1.29, 1.82) is 0 Å². The smallest absolute Gasteiger partial charge is 0.192 e. The zero-order valence-corrected chi connectivity index (χ0v) is 9.34. The first-order valence-corrected chi connectivity index (χ1v) is 5.57. The lowest BCUT2D eigenvalue weighted by molar-refractivity contribution is 0.240. The maximum atomic E-state index is 5.85. The van der Waals surface area contributed by atoms with Gasteiger partial charge in [0.1, 0.15) is 0 Å². The molecule has 0 unspecified atom stereocenters. The summed E-state index contributed by atoms with van der Waals surface area (Å²) in [5.41, 5.74) is 5.92. The minimum atomic E-state index is 0.0636. The van der Waals surface area contributed by atoms with E-state index < -0.39 is 0 Å². The van der Waals surface area contributed by atoms with Crippen molar-refractivity contribution >= 4 is 17.3 Å². The molecule has 0 radical (unpaired) electrons. The third-order valence-electron chi connectivity index (χ3n) is 2.53. The Morgan fingerprint density at radius 1 is 1.64 bits per heavy atom. The van der Waals surface area contributed by atoms with Crippen LogP contribution in [0.5, 0.6) is 0 Å². The Morgan fingerprint density at radius 3 is 2.93 bits per heavy atom. The molecule has 0 atom stereocenters. The zero-order valence-electron chi connectivity index (χ0n) is 8.53. The van der Waals surface area contributed by atoms with Gasteiger partial charge >= 0.3 is 0 Å². The maximum Gasteiger partial charge on any atom is 0.192 e. The number of nitrogens with two attached hydrogens (primary N) is 1. The second-order valence-corrected chi connectivity index (χ2v) is 5.18. The van der Waals surface area contributed by atoms with Gasteiger partial charge < -0.3 is 10.6 Å². The van der Waals surface area contributed by atoms with Crippen LogP contribution in [0.3, 0.4) is 0 Å². The fourth-order valence-corrected chi connectivity index (χ4v) is 2.30. The molecule has 0 amide bonds. The van der Waals surface area contributed by atoms with E-state index in [1.807, 2.05) is 0 Å². The van der Waals surface area contributed by atoms with Gasteiger partial charge in [-0.05, 0) is 25.3 Å². The Balaban J connectivity index is 2.14. The molecule has 0 fully saturated rings. The van der Waals surface area contributed by atoms with Crippen molar-refractivity contribution in [3.05, 3.63) is 22.4 Å². The van der Waals surface area contributed by atoms with Gasteiger partial charge in [0.25, 0.3) is 0 Å². The van der Waals surface area contributed by atoms with E-state index in [2.05, 4.69) is 41.3 Å². The normalized spacial score (nSPS) is 19.9. The lowest BCUT2D eigenvalue weighted by atomic mass is 10.1. The van der Waals surface area contributed by atoms with Crippen molar-refractivity contribution in [3.8, 4) is 0 Å². The third-order valence-corrected chi connectivity index (χ3v) is 3.39. The topological polar surface area (TPSA) is 41.6 Å². The molecule has 0 saturated heterocycles. The first-order chi connectivity index (χ1) is 6.59. The van der Waals surface area contributed by atoms with E-state index in [1.54, 1.807) is 11.3 Å². The van der Waals surface area contributed by atoms with Gasteiger partial charge in [-0.25, -0.2) is 0 Å². The predicted octanol–water partition coefficient (Wildman–Crippen LogP) is 1.66. The molecule has 0 aromatic carbocycles. The summed E-state index contributed by atoms with van der Waals surface area (Å²) in [4.78, 5) is 7.77. The fourth-order valence-electron chi connectivity index (χ4n) is 1.61. The van der Waals surface area contributed by atoms with Crippen LogP contribution in [0.1, 0.15) is 18.7 Å². The number of aliphatic imine (C=N–C) groups is 1. The van der Waals surface area contributed by atoms with Gasteiger partial charge in [0.15, 0.2) is 5.96 Å². The second-order valence-electron chi connectivity index (χ2n) is 4.15. The van der Waals surface area contributed by atoms with Crippen molar-refractivity contribution in [2.75, 3.05) is 6.54 Å². The summed E-state index contributed by atoms with van der Waals surface area (Å²) < 4.78 is 0. The lowest BCUT2D eigenvalue weighted by Crippen LogP contribution is -2.46. The summed E-state index contributed by atoms with van der Waals surface area (Å²) in [6.45, 7) is 6.01. The lowest BCUT2D eigenvalue weighted by Gasteiger charge is -2.32. The molecule has 4 heteroatoms. The molecule has 14 heavy (non-hydrogen) atoms. The highest BCUT2D eigenvalue weighted by molar-refractivity contribution is 7.09. The molecule has 0 bridgehead atoms. The molecule has 2 heterocycles. The van der Waals surface area contributed by atoms with E-state index in [0.29, 0.717) is 5.96 Å². The van der Waals surface area contributed by atoms with Crippen LogP contribution in [0.25, 0.3) is 0 Å². The van der Waals surface area contributed by atoms with Gasteiger partial charge in [0.05, 0.1) is 18.6 Å². The monoisotopic (exact) mass is 209 g/mol. The highest BCUT2D eigenvalue weighted by Crippen LogP contribution is 2.24. The minimum absolute atomic E-state index is 0.0636. The van der Waals surface area contributed by atoms with Gasteiger partial charge in [0, 0.05) is 4.88 Å². The van der Waals surface area contributed by atoms with Crippen LogP contribution in [0.2, 0.25) is 0 Å². The summed E-state index contributed by atoms with van der Waals surface area (Å²) in [6.07, 6.45) is 0. The van der Waals surface area contributed by atoms with Gasteiger partial charge in [-0.3, -0.25) is 4.99 Å². The summed E-state index contributed by atoms with van der Waals surface area (Å²) in [6, 6.07) is 4.20. The molecular weight excluding hydrogens is 194 g/mol. The van der Waals surface area contributed by atoms with E-state index in [0.717, 1.165) is 13.1 Å². The number of nitrogens with zero attached hydrogens (tertiary/aromatic N) is 2. The average molecular weight is 209 g/mol. The van der Waals surface area contributed by atoms with Gasteiger partial charge in [-0.1, -0.05) is 6.07 Å². The quantitative estimate of drug-likeness (QED) is 0.805. The van der Waals surface area contributed by atoms with Crippen LogP contribution < -0.4 is 5.73 Å².